The van der Waals surface area contributed by atoms with Gasteiger partial charge in [-0.3, -0.25) is 9.69 Å². The van der Waals surface area contributed by atoms with Crippen molar-refractivity contribution in [1.82, 2.24) is 9.88 Å². The van der Waals surface area contributed by atoms with Crippen molar-refractivity contribution in [3.05, 3.63) is 63.1 Å². The van der Waals surface area contributed by atoms with Crippen LogP contribution in [0.1, 0.15) is 37.7 Å². The number of halogens is 2. The summed E-state index contributed by atoms with van der Waals surface area (Å²) in [5.74, 6) is 0.585. The van der Waals surface area contributed by atoms with Crippen LogP contribution in [-0.2, 0) is 4.79 Å². The van der Waals surface area contributed by atoms with E-state index in [0.29, 0.717) is 25.9 Å². The molecule has 0 bridgehead atoms. The van der Waals surface area contributed by atoms with E-state index >= 15 is 0 Å². The number of amidine groups is 1. The van der Waals surface area contributed by atoms with E-state index in [9.17, 15) is 4.79 Å². The van der Waals surface area contributed by atoms with Gasteiger partial charge in [-0.1, -0.05) is 54.6 Å². The maximum Gasteiger partial charge on any atom is 0.267 e. The summed E-state index contributed by atoms with van der Waals surface area (Å²) in [6.07, 6.45) is 9.03. The summed E-state index contributed by atoms with van der Waals surface area (Å²) in [4.78, 5) is 24.7. The zero-order valence-corrected chi connectivity index (χ0v) is 17.5. The predicted molar refractivity (Wildman–Crippen MR) is 117 cm³/mol. The molecule has 28 heavy (non-hydrogen) atoms. The molecule has 4 rings (SSSR count). The largest absolute Gasteiger partial charge is 0.283 e. The van der Waals surface area contributed by atoms with E-state index in [2.05, 4.69) is 9.98 Å². The Labute approximate surface area is 178 Å². The maximum absolute atomic E-state index is 13.3. The van der Waals surface area contributed by atoms with Crippen molar-refractivity contribution >= 4 is 57.9 Å². The summed E-state index contributed by atoms with van der Waals surface area (Å²) in [7, 11) is 0. The Morgan fingerprint density at radius 1 is 1.14 bits per heavy atom. The van der Waals surface area contributed by atoms with E-state index in [1.807, 2.05) is 35.2 Å². The standard InChI is InChI=1S/C21H19Cl2N3OS/c22-15-10-9-14(17(23)13-15)12-18-20(27)26(16-6-2-1-3-7-16)21(28-18)25-19-8-4-5-11-24-19/h4-5,8-13,16H,1-3,6-7H2/b18-12-,25-21+. The van der Waals surface area contributed by atoms with Crippen molar-refractivity contribution in [2.24, 2.45) is 4.99 Å². The van der Waals surface area contributed by atoms with Crippen molar-refractivity contribution in [2.75, 3.05) is 0 Å². The molecule has 0 atom stereocenters. The zero-order chi connectivity index (χ0) is 19.5. The van der Waals surface area contributed by atoms with Gasteiger partial charge in [-0.15, -0.1) is 0 Å². The molecular formula is C21H19Cl2N3OS. The molecule has 2 fully saturated rings. The molecule has 1 aromatic heterocycles. The van der Waals surface area contributed by atoms with Gasteiger partial charge >= 0.3 is 0 Å². The van der Waals surface area contributed by atoms with Gasteiger partial charge in [-0.05, 0) is 60.5 Å². The molecule has 1 aliphatic carbocycles. The van der Waals surface area contributed by atoms with Crippen LogP contribution in [0.3, 0.4) is 0 Å². The molecule has 4 nitrogen and oxygen atoms in total. The van der Waals surface area contributed by atoms with Gasteiger partial charge < -0.3 is 0 Å². The molecule has 0 spiro atoms. The van der Waals surface area contributed by atoms with Crippen molar-refractivity contribution in [3.63, 3.8) is 0 Å². The second kappa shape index (κ2) is 8.68. The molecule has 2 aromatic rings. The molecule has 144 valence electrons. The third kappa shape index (κ3) is 4.27. The first kappa shape index (κ1) is 19.5. The highest BCUT2D eigenvalue weighted by molar-refractivity contribution is 8.18. The van der Waals surface area contributed by atoms with E-state index in [-0.39, 0.29) is 11.9 Å². The fraction of sp³-hybridized carbons (Fsp3) is 0.286. The molecule has 1 aliphatic heterocycles. The molecule has 2 aliphatic rings. The Hall–Kier alpha value is -1.82. The zero-order valence-electron chi connectivity index (χ0n) is 15.1. The van der Waals surface area contributed by atoms with E-state index in [4.69, 9.17) is 23.2 Å². The number of rotatable bonds is 3. The molecule has 0 N–H and O–H groups in total. The summed E-state index contributed by atoms with van der Waals surface area (Å²) in [5, 5.41) is 1.78. The Balaban J connectivity index is 1.71. The van der Waals surface area contributed by atoms with Gasteiger partial charge in [0.05, 0.1) is 4.91 Å². The maximum atomic E-state index is 13.3. The Morgan fingerprint density at radius 3 is 2.68 bits per heavy atom. The summed E-state index contributed by atoms with van der Waals surface area (Å²) in [5.41, 5.74) is 0.768. The number of aliphatic imine (C=N–C) groups is 1. The van der Waals surface area contributed by atoms with Crippen LogP contribution in [0.4, 0.5) is 5.82 Å². The van der Waals surface area contributed by atoms with E-state index < -0.39 is 0 Å². The third-order valence-electron chi connectivity index (χ3n) is 4.89. The van der Waals surface area contributed by atoms with Crippen LogP contribution in [-0.4, -0.2) is 27.0 Å². The highest BCUT2D eigenvalue weighted by Gasteiger charge is 2.38. The lowest BCUT2D eigenvalue weighted by molar-refractivity contribution is -0.124. The summed E-state index contributed by atoms with van der Waals surface area (Å²) >= 11 is 13.7. The average Bonchev–Trinajstić information content (AvgIpc) is 3.00. The summed E-state index contributed by atoms with van der Waals surface area (Å²) in [6.45, 7) is 0. The molecule has 0 radical (unpaired) electrons. The van der Waals surface area contributed by atoms with Crippen LogP contribution in [0.15, 0.2) is 52.5 Å². The van der Waals surface area contributed by atoms with Crippen LogP contribution in [0.25, 0.3) is 6.08 Å². The number of nitrogens with zero attached hydrogens (tertiary/aromatic N) is 3. The molecule has 2 heterocycles. The fourth-order valence-electron chi connectivity index (χ4n) is 3.50. The van der Waals surface area contributed by atoms with Crippen molar-refractivity contribution in [1.29, 1.82) is 0 Å². The number of carbonyl (C=O) groups excluding carboxylic acids is 1. The third-order valence-corrected chi connectivity index (χ3v) is 6.43. The highest BCUT2D eigenvalue weighted by Crippen LogP contribution is 2.39. The van der Waals surface area contributed by atoms with Gasteiger partial charge in [-0.2, -0.15) is 0 Å². The Morgan fingerprint density at radius 2 is 1.96 bits per heavy atom. The fourth-order valence-corrected chi connectivity index (χ4v) is 5.00. The lowest BCUT2D eigenvalue weighted by Crippen LogP contribution is -2.40. The SMILES string of the molecule is O=C1/C(=C/c2ccc(Cl)cc2Cl)S/C(=N/c2ccccn2)N1C1CCCCC1. The number of benzene rings is 1. The lowest BCUT2D eigenvalue weighted by Gasteiger charge is -2.30. The first-order chi connectivity index (χ1) is 13.6. The minimum atomic E-state index is -0.0161. The van der Waals surface area contributed by atoms with Crippen molar-refractivity contribution in [3.8, 4) is 0 Å². The van der Waals surface area contributed by atoms with Crippen LogP contribution >= 0.6 is 35.0 Å². The molecule has 1 saturated carbocycles. The summed E-state index contributed by atoms with van der Waals surface area (Å²) < 4.78 is 0. The molecule has 1 saturated heterocycles. The Bertz CT molecular complexity index is 940. The van der Waals surface area contributed by atoms with Crippen LogP contribution < -0.4 is 0 Å². The van der Waals surface area contributed by atoms with Crippen molar-refractivity contribution < 1.29 is 4.79 Å². The van der Waals surface area contributed by atoms with Gasteiger partial charge in [-0.25, -0.2) is 9.98 Å². The number of thioether (sulfide) groups is 1. The normalized spacial score (nSPS) is 21.1. The van der Waals surface area contributed by atoms with E-state index in [1.165, 1.54) is 18.2 Å². The molecule has 1 aromatic carbocycles. The van der Waals surface area contributed by atoms with Crippen molar-refractivity contribution in [2.45, 2.75) is 38.1 Å². The number of pyridine rings is 1. The van der Waals surface area contributed by atoms with Gasteiger partial charge in [0, 0.05) is 22.3 Å². The molecule has 1 amide bonds. The van der Waals surface area contributed by atoms with Gasteiger partial charge in [0.2, 0.25) is 0 Å². The number of hydrogen-bond acceptors (Lipinski definition) is 4. The second-order valence-corrected chi connectivity index (χ2v) is 8.68. The minimum absolute atomic E-state index is 0.0161. The number of aromatic nitrogens is 1. The number of amides is 1. The quantitative estimate of drug-likeness (QED) is 0.533. The van der Waals surface area contributed by atoms with Gasteiger partial charge in [0.25, 0.3) is 5.91 Å². The molecule has 7 heteroatoms. The minimum Gasteiger partial charge on any atom is -0.283 e. The van der Waals surface area contributed by atoms with Gasteiger partial charge in [0.15, 0.2) is 11.0 Å². The number of carbonyl (C=O) groups is 1. The average molecular weight is 432 g/mol. The molecule has 0 unspecified atom stereocenters. The summed E-state index contributed by atoms with van der Waals surface area (Å²) in [6, 6.07) is 11.0. The van der Waals surface area contributed by atoms with Gasteiger partial charge in [0.1, 0.15) is 0 Å². The van der Waals surface area contributed by atoms with E-state index in [0.717, 1.165) is 31.2 Å². The van der Waals surface area contributed by atoms with Crippen LogP contribution in [0, 0.1) is 0 Å². The smallest absolute Gasteiger partial charge is 0.267 e. The molecular weight excluding hydrogens is 413 g/mol. The lowest BCUT2D eigenvalue weighted by atomic mass is 9.94. The van der Waals surface area contributed by atoms with Crippen LogP contribution in [0.2, 0.25) is 10.0 Å². The second-order valence-electron chi connectivity index (χ2n) is 6.83. The van der Waals surface area contributed by atoms with Crippen LogP contribution in [0.5, 0.6) is 0 Å². The number of hydrogen-bond donors (Lipinski definition) is 0. The van der Waals surface area contributed by atoms with E-state index in [1.54, 1.807) is 18.3 Å². The predicted octanol–water partition coefficient (Wildman–Crippen LogP) is 6.33. The highest BCUT2D eigenvalue weighted by atomic mass is 35.5. The Kier molecular flexibility index (Phi) is 6.04. The first-order valence-electron chi connectivity index (χ1n) is 9.30. The topological polar surface area (TPSA) is 45.6 Å². The monoisotopic (exact) mass is 431 g/mol. The first-order valence-corrected chi connectivity index (χ1v) is 10.9.